The summed E-state index contributed by atoms with van der Waals surface area (Å²) in [6.45, 7) is 5.31. The van der Waals surface area contributed by atoms with E-state index in [1.54, 1.807) is 0 Å². The van der Waals surface area contributed by atoms with Crippen LogP contribution in [0.2, 0.25) is 0 Å². The fourth-order valence-electron chi connectivity index (χ4n) is 5.11. The molecule has 1 spiro atoms. The summed E-state index contributed by atoms with van der Waals surface area (Å²) in [5.74, 6) is 0.708. The third kappa shape index (κ3) is 3.97. The molecule has 1 saturated carbocycles. The number of likely N-dealkylation sites (N-methyl/N-ethyl adjacent to an activating group) is 1. The lowest BCUT2D eigenvalue weighted by molar-refractivity contribution is 0.147. The number of piperazine rings is 1. The fourth-order valence-corrected chi connectivity index (χ4v) is 5.11. The molecule has 0 bridgehead atoms. The maximum absolute atomic E-state index is 6.38. The van der Waals surface area contributed by atoms with Gasteiger partial charge in [-0.25, -0.2) is 4.99 Å². The summed E-state index contributed by atoms with van der Waals surface area (Å²) in [5.41, 5.74) is 15.1. The number of rotatable bonds is 3. The van der Waals surface area contributed by atoms with Crippen LogP contribution >= 0.6 is 0 Å². The molecule has 8 heteroatoms. The highest BCUT2D eigenvalue weighted by molar-refractivity contribution is 6.06. The number of aromatic nitrogens is 1. The summed E-state index contributed by atoms with van der Waals surface area (Å²) < 4.78 is 0. The summed E-state index contributed by atoms with van der Waals surface area (Å²) in [6, 6.07) is 10.6. The largest absolute Gasteiger partial charge is 0.369 e. The lowest BCUT2D eigenvalue weighted by atomic mass is 9.87. The third-order valence-electron chi connectivity index (χ3n) is 6.82. The van der Waals surface area contributed by atoms with Crippen LogP contribution in [-0.2, 0) is 6.54 Å². The van der Waals surface area contributed by atoms with Gasteiger partial charge in [-0.3, -0.25) is 14.8 Å². The number of fused-ring (bicyclic) bond motifs is 1. The van der Waals surface area contributed by atoms with Crippen molar-refractivity contribution in [2.24, 2.45) is 21.5 Å². The smallest absolute Gasteiger partial charge is 0.220 e. The van der Waals surface area contributed by atoms with Gasteiger partial charge in [-0.2, -0.15) is 4.99 Å². The van der Waals surface area contributed by atoms with Crippen LogP contribution in [0.4, 0.5) is 5.69 Å². The highest BCUT2D eigenvalue weighted by Crippen LogP contribution is 2.40. The van der Waals surface area contributed by atoms with Crippen LogP contribution in [0.25, 0.3) is 10.9 Å². The van der Waals surface area contributed by atoms with Crippen LogP contribution in [0.15, 0.2) is 40.3 Å². The molecule has 0 radical (unpaired) electrons. The Morgan fingerprint density at radius 1 is 0.968 bits per heavy atom. The molecule has 31 heavy (non-hydrogen) atoms. The van der Waals surface area contributed by atoms with Gasteiger partial charge < -0.3 is 16.4 Å². The molecule has 1 aliphatic carbocycles. The summed E-state index contributed by atoms with van der Waals surface area (Å²) in [4.78, 5) is 20.9. The van der Waals surface area contributed by atoms with Crippen molar-refractivity contribution in [1.29, 1.82) is 0 Å². The van der Waals surface area contributed by atoms with Gasteiger partial charge in [0.05, 0.1) is 11.2 Å². The molecule has 0 atom stereocenters. The predicted molar refractivity (Wildman–Crippen MR) is 126 cm³/mol. The van der Waals surface area contributed by atoms with Gasteiger partial charge in [0.1, 0.15) is 5.66 Å². The first-order valence-corrected chi connectivity index (χ1v) is 11.3. The molecule has 164 valence electrons. The first kappa shape index (κ1) is 20.2. The van der Waals surface area contributed by atoms with Crippen molar-refractivity contribution in [3.8, 4) is 0 Å². The zero-order valence-electron chi connectivity index (χ0n) is 18.3. The Balaban J connectivity index is 1.42. The molecule has 3 aliphatic rings. The lowest BCUT2D eigenvalue weighted by Gasteiger charge is -2.45. The highest BCUT2D eigenvalue weighted by Gasteiger charge is 2.42. The van der Waals surface area contributed by atoms with Crippen LogP contribution in [0, 0.1) is 0 Å². The van der Waals surface area contributed by atoms with E-state index in [0.29, 0.717) is 5.96 Å². The minimum atomic E-state index is -0.420. The van der Waals surface area contributed by atoms with Crippen molar-refractivity contribution in [2.45, 2.75) is 44.3 Å². The van der Waals surface area contributed by atoms with Gasteiger partial charge in [-0.05, 0) is 57.0 Å². The highest BCUT2D eigenvalue weighted by atomic mass is 15.4. The number of nitrogens with zero attached hydrogens (tertiary/aromatic N) is 6. The molecule has 4 N–H and O–H groups in total. The van der Waals surface area contributed by atoms with Crippen molar-refractivity contribution in [1.82, 2.24) is 14.8 Å². The number of pyridine rings is 1. The summed E-state index contributed by atoms with van der Waals surface area (Å²) in [6.07, 6.45) is 5.32. The van der Waals surface area contributed by atoms with Crippen molar-refractivity contribution >= 4 is 28.5 Å². The Hall–Kier alpha value is -2.71. The second-order valence-corrected chi connectivity index (χ2v) is 9.08. The Morgan fingerprint density at radius 2 is 1.74 bits per heavy atom. The second-order valence-electron chi connectivity index (χ2n) is 9.08. The van der Waals surface area contributed by atoms with Crippen LogP contribution < -0.4 is 16.4 Å². The van der Waals surface area contributed by atoms with Crippen molar-refractivity contribution < 1.29 is 0 Å². The zero-order valence-corrected chi connectivity index (χ0v) is 18.3. The molecular weight excluding hydrogens is 388 g/mol. The van der Waals surface area contributed by atoms with Gasteiger partial charge in [0.25, 0.3) is 0 Å². The number of hydrogen-bond donors (Lipinski definition) is 2. The molecule has 3 heterocycles. The minimum Gasteiger partial charge on any atom is -0.369 e. The monoisotopic (exact) mass is 420 g/mol. The summed E-state index contributed by atoms with van der Waals surface area (Å²) in [5, 5.41) is 1.10. The van der Waals surface area contributed by atoms with Crippen molar-refractivity contribution in [3.05, 3.63) is 36.0 Å². The molecule has 0 unspecified atom stereocenters. The van der Waals surface area contributed by atoms with Gasteiger partial charge in [0.2, 0.25) is 11.9 Å². The van der Waals surface area contributed by atoms with E-state index < -0.39 is 5.66 Å². The van der Waals surface area contributed by atoms with Gasteiger partial charge in [-0.15, -0.1) is 0 Å². The molecule has 2 fully saturated rings. The first-order valence-electron chi connectivity index (χ1n) is 11.3. The molecular formula is C23H32N8. The van der Waals surface area contributed by atoms with E-state index >= 15 is 0 Å². The Bertz CT molecular complexity index is 1020. The van der Waals surface area contributed by atoms with E-state index in [0.717, 1.165) is 80.7 Å². The maximum Gasteiger partial charge on any atom is 0.220 e. The Kier molecular flexibility index (Phi) is 5.27. The van der Waals surface area contributed by atoms with E-state index in [1.807, 2.05) is 0 Å². The lowest BCUT2D eigenvalue weighted by Crippen LogP contribution is -2.58. The molecule has 1 aromatic heterocycles. The standard InChI is InChI=1S/C23H32N8/c1-29-11-13-30(14-12-29)16-18-6-5-17-15-19(7-8-20(17)26-18)31-22(25)27-21(24)28-23(31)9-3-2-4-10-23/h5-8,15H,2-4,9-14,16H2,1H3,(H4,24,25,27,28). The second kappa shape index (κ2) is 8.09. The normalized spacial score (nSPS) is 22.5. The van der Waals surface area contributed by atoms with Crippen LogP contribution in [0.1, 0.15) is 37.8 Å². The van der Waals surface area contributed by atoms with E-state index in [4.69, 9.17) is 21.4 Å². The summed E-state index contributed by atoms with van der Waals surface area (Å²) >= 11 is 0. The summed E-state index contributed by atoms with van der Waals surface area (Å²) in [7, 11) is 2.18. The van der Waals surface area contributed by atoms with Crippen molar-refractivity contribution in [3.63, 3.8) is 0 Å². The number of guanidine groups is 2. The van der Waals surface area contributed by atoms with Crippen LogP contribution in [-0.4, -0.2) is 65.6 Å². The van der Waals surface area contributed by atoms with Gasteiger partial charge >= 0.3 is 0 Å². The zero-order chi connectivity index (χ0) is 21.4. The van der Waals surface area contributed by atoms with Crippen LogP contribution in [0.3, 0.4) is 0 Å². The average molecular weight is 421 g/mol. The van der Waals surface area contributed by atoms with Crippen molar-refractivity contribution in [2.75, 3.05) is 38.1 Å². The van der Waals surface area contributed by atoms with Gasteiger partial charge in [0, 0.05) is 43.8 Å². The molecule has 2 aromatic rings. The molecule has 0 amide bonds. The SMILES string of the molecule is CN1CCN(Cc2ccc3cc(N4C(N)=NC(N)=NC45CCCCC5)ccc3n2)CC1. The number of nitrogens with two attached hydrogens (primary N) is 2. The average Bonchev–Trinajstić information content (AvgIpc) is 2.75. The topological polar surface area (TPSA) is 99.4 Å². The van der Waals surface area contributed by atoms with E-state index in [2.05, 4.69) is 57.1 Å². The molecule has 1 aromatic carbocycles. The van der Waals surface area contributed by atoms with Crippen LogP contribution in [0.5, 0.6) is 0 Å². The maximum atomic E-state index is 6.38. The minimum absolute atomic E-state index is 0.284. The van der Waals surface area contributed by atoms with E-state index in [-0.39, 0.29) is 5.96 Å². The molecule has 1 saturated heterocycles. The quantitative estimate of drug-likeness (QED) is 0.789. The van der Waals surface area contributed by atoms with E-state index in [1.165, 1.54) is 6.42 Å². The molecule has 2 aliphatic heterocycles. The number of anilines is 1. The van der Waals surface area contributed by atoms with Gasteiger partial charge in [-0.1, -0.05) is 12.5 Å². The number of benzene rings is 1. The first-order chi connectivity index (χ1) is 15.0. The fraction of sp³-hybridized carbons (Fsp3) is 0.522. The molecule has 5 rings (SSSR count). The molecule has 8 nitrogen and oxygen atoms in total. The third-order valence-corrected chi connectivity index (χ3v) is 6.82. The predicted octanol–water partition coefficient (Wildman–Crippen LogP) is 2.09. The number of hydrogen-bond acceptors (Lipinski definition) is 8. The van der Waals surface area contributed by atoms with Gasteiger partial charge in [0.15, 0.2) is 0 Å². The number of aliphatic imine (C=N–C) groups is 2. The van der Waals surface area contributed by atoms with E-state index in [9.17, 15) is 0 Å². The Morgan fingerprint density at radius 3 is 2.52 bits per heavy atom. The Labute approximate surface area is 183 Å².